The van der Waals surface area contributed by atoms with E-state index >= 15 is 0 Å². The van der Waals surface area contributed by atoms with E-state index in [0.717, 1.165) is 15.9 Å². The fraction of sp³-hybridized carbons (Fsp3) is 0.429. The highest BCUT2D eigenvalue weighted by molar-refractivity contribution is 7.07. The second-order valence-corrected chi connectivity index (χ2v) is 3.07. The zero-order valence-corrected chi connectivity index (χ0v) is 7.84. The molecule has 0 aliphatic heterocycles. The maximum atomic E-state index is 11.0. The molecule has 1 N–H and O–H groups in total. The lowest BCUT2D eigenvalue weighted by molar-refractivity contribution is -0.143. The zero-order valence-electron chi connectivity index (χ0n) is 7.02. The van der Waals surface area contributed by atoms with Crippen molar-refractivity contribution >= 4 is 17.3 Å². The smallest absolute Gasteiger partial charge is 0.326 e. The van der Waals surface area contributed by atoms with Gasteiger partial charge in [0.2, 0.25) is 5.88 Å². The third kappa shape index (κ3) is 2.32. The Hall–Kier alpha value is -1.30. The summed E-state index contributed by atoms with van der Waals surface area (Å²) in [5, 5.41) is 10.4. The molecule has 1 rings (SSSR count). The number of aromatic nitrogens is 1. The van der Waals surface area contributed by atoms with Gasteiger partial charge in [0.1, 0.15) is 6.54 Å². The van der Waals surface area contributed by atoms with Gasteiger partial charge in [0, 0.05) is 0 Å². The van der Waals surface area contributed by atoms with Crippen molar-refractivity contribution in [2.75, 3.05) is 6.61 Å². The molecule has 13 heavy (non-hydrogen) atoms. The van der Waals surface area contributed by atoms with Crippen molar-refractivity contribution < 1.29 is 14.6 Å². The van der Waals surface area contributed by atoms with E-state index in [4.69, 9.17) is 5.11 Å². The summed E-state index contributed by atoms with van der Waals surface area (Å²) in [7, 11) is 0. The SMILES string of the molecule is CCOC(=O)Cn1c(O)csc1=O. The number of carbonyl (C=O) groups excluding carboxylic acids is 1. The minimum Gasteiger partial charge on any atom is -0.494 e. The summed E-state index contributed by atoms with van der Waals surface area (Å²) in [4.78, 5) is 21.6. The number of nitrogens with zero attached hydrogens (tertiary/aromatic N) is 1. The van der Waals surface area contributed by atoms with Crippen molar-refractivity contribution in [3.63, 3.8) is 0 Å². The van der Waals surface area contributed by atoms with Crippen molar-refractivity contribution in [2.24, 2.45) is 0 Å². The van der Waals surface area contributed by atoms with E-state index in [1.807, 2.05) is 0 Å². The van der Waals surface area contributed by atoms with Crippen LogP contribution >= 0.6 is 11.3 Å². The lowest BCUT2D eigenvalue weighted by Gasteiger charge is -2.02. The summed E-state index contributed by atoms with van der Waals surface area (Å²) in [5.41, 5.74) is 0. The zero-order chi connectivity index (χ0) is 9.84. The van der Waals surface area contributed by atoms with Crippen LogP contribution in [0.5, 0.6) is 5.88 Å². The highest BCUT2D eigenvalue weighted by atomic mass is 32.1. The minimum absolute atomic E-state index is 0.206. The predicted molar refractivity (Wildman–Crippen MR) is 46.9 cm³/mol. The van der Waals surface area contributed by atoms with Gasteiger partial charge in [-0.05, 0) is 6.92 Å². The number of ether oxygens (including phenoxy) is 1. The number of hydrogen-bond donors (Lipinski definition) is 1. The van der Waals surface area contributed by atoms with Gasteiger partial charge in [-0.1, -0.05) is 11.3 Å². The predicted octanol–water partition coefficient (Wildman–Crippen LogP) is 0.179. The van der Waals surface area contributed by atoms with Crippen LogP contribution in [0.1, 0.15) is 6.92 Å². The maximum absolute atomic E-state index is 11.0. The molecule has 1 heterocycles. The summed E-state index contributed by atoms with van der Waals surface area (Å²) in [6.07, 6.45) is 0. The normalized spacial score (nSPS) is 9.92. The molecule has 1 aromatic rings. The molecule has 0 fully saturated rings. The van der Waals surface area contributed by atoms with Crippen LogP contribution in [0.25, 0.3) is 0 Å². The molecule has 0 aromatic carbocycles. The van der Waals surface area contributed by atoms with Gasteiger partial charge in [0.15, 0.2) is 0 Å². The first kappa shape index (κ1) is 9.79. The van der Waals surface area contributed by atoms with Crippen LogP contribution in [0.2, 0.25) is 0 Å². The van der Waals surface area contributed by atoms with Crippen LogP contribution < -0.4 is 4.87 Å². The molecule has 0 bridgehead atoms. The van der Waals surface area contributed by atoms with Gasteiger partial charge < -0.3 is 9.84 Å². The van der Waals surface area contributed by atoms with Crippen LogP contribution in [0.15, 0.2) is 10.2 Å². The Morgan fingerprint density at radius 3 is 2.92 bits per heavy atom. The van der Waals surface area contributed by atoms with Gasteiger partial charge in [-0.25, -0.2) is 0 Å². The summed E-state index contributed by atoms with van der Waals surface area (Å²) < 4.78 is 5.58. The van der Waals surface area contributed by atoms with Crippen LogP contribution in [-0.2, 0) is 16.1 Å². The van der Waals surface area contributed by atoms with Crippen molar-refractivity contribution in [3.8, 4) is 5.88 Å². The van der Waals surface area contributed by atoms with Crippen molar-refractivity contribution in [2.45, 2.75) is 13.5 Å². The molecule has 0 aliphatic carbocycles. The highest BCUT2D eigenvalue weighted by Gasteiger charge is 2.09. The second-order valence-electron chi connectivity index (χ2n) is 2.25. The Balaban J connectivity index is 2.74. The fourth-order valence-corrected chi connectivity index (χ4v) is 1.42. The van der Waals surface area contributed by atoms with Crippen LogP contribution in [-0.4, -0.2) is 22.2 Å². The first-order valence-electron chi connectivity index (χ1n) is 3.68. The van der Waals surface area contributed by atoms with E-state index in [1.165, 1.54) is 5.38 Å². The van der Waals surface area contributed by atoms with Gasteiger partial charge in [0.05, 0.1) is 12.0 Å². The first-order chi connectivity index (χ1) is 6.15. The quantitative estimate of drug-likeness (QED) is 0.711. The molecule has 0 radical (unpaired) electrons. The van der Waals surface area contributed by atoms with E-state index < -0.39 is 5.97 Å². The van der Waals surface area contributed by atoms with E-state index in [1.54, 1.807) is 6.92 Å². The van der Waals surface area contributed by atoms with Crippen molar-refractivity contribution in [1.82, 2.24) is 4.57 Å². The largest absolute Gasteiger partial charge is 0.494 e. The Labute approximate surface area is 78.2 Å². The third-order valence-corrected chi connectivity index (χ3v) is 2.11. The molecule has 6 heteroatoms. The van der Waals surface area contributed by atoms with Gasteiger partial charge >= 0.3 is 10.8 Å². The Morgan fingerprint density at radius 2 is 2.46 bits per heavy atom. The van der Waals surface area contributed by atoms with Gasteiger partial charge in [-0.15, -0.1) is 0 Å². The molecule has 0 atom stereocenters. The van der Waals surface area contributed by atoms with Crippen LogP contribution in [0.3, 0.4) is 0 Å². The molecule has 0 aliphatic rings. The van der Waals surface area contributed by atoms with Crippen LogP contribution in [0.4, 0.5) is 0 Å². The number of thiazole rings is 1. The third-order valence-electron chi connectivity index (χ3n) is 1.35. The molecule has 0 saturated heterocycles. The molecular formula is C7H9NO4S. The maximum Gasteiger partial charge on any atom is 0.326 e. The number of esters is 1. The number of carbonyl (C=O) groups is 1. The molecule has 0 saturated carbocycles. The molecule has 0 amide bonds. The summed E-state index contributed by atoms with van der Waals surface area (Å²) in [6, 6.07) is 0. The van der Waals surface area contributed by atoms with Crippen molar-refractivity contribution in [3.05, 3.63) is 15.0 Å². The monoisotopic (exact) mass is 203 g/mol. The lowest BCUT2D eigenvalue weighted by atomic mass is 10.6. The lowest BCUT2D eigenvalue weighted by Crippen LogP contribution is -2.20. The Bertz CT molecular complexity index is 354. The van der Waals surface area contributed by atoms with Gasteiger partial charge in [-0.2, -0.15) is 0 Å². The number of aromatic hydroxyl groups is 1. The molecule has 0 spiro atoms. The summed E-state index contributed by atoms with van der Waals surface area (Å²) >= 11 is 0.841. The van der Waals surface area contributed by atoms with Crippen molar-refractivity contribution in [1.29, 1.82) is 0 Å². The van der Waals surface area contributed by atoms with Crippen LogP contribution in [0, 0.1) is 0 Å². The second kappa shape index (κ2) is 4.08. The van der Waals surface area contributed by atoms with E-state index in [-0.39, 0.29) is 23.9 Å². The minimum atomic E-state index is -0.529. The molecule has 72 valence electrons. The summed E-state index contributed by atoms with van der Waals surface area (Å²) in [5.74, 6) is -0.735. The molecule has 5 nitrogen and oxygen atoms in total. The molecular weight excluding hydrogens is 194 g/mol. The molecule has 0 unspecified atom stereocenters. The first-order valence-corrected chi connectivity index (χ1v) is 4.56. The number of rotatable bonds is 3. The average Bonchev–Trinajstić information content (AvgIpc) is 2.36. The van der Waals surface area contributed by atoms with E-state index in [0.29, 0.717) is 0 Å². The average molecular weight is 203 g/mol. The standard InChI is InChI=1S/C7H9NO4S/c1-2-12-6(10)3-8-5(9)4-13-7(8)11/h4,9H,2-3H2,1H3. The van der Waals surface area contributed by atoms with Gasteiger partial charge in [0.25, 0.3) is 0 Å². The Kier molecular flexibility index (Phi) is 3.07. The number of hydrogen-bond acceptors (Lipinski definition) is 5. The molecule has 1 aromatic heterocycles. The van der Waals surface area contributed by atoms with E-state index in [2.05, 4.69) is 4.74 Å². The highest BCUT2D eigenvalue weighted by Crippen LogP contribution is 2.08. The Morgan fingerprint density at radius 1 is 1.77 bits per heavy atom. The van der Waals surface area contributed by atoms with E-state index in [9.17, 15) is 9.59 Å². The topological polar surface area (TPSA) is 68.5 Å². The summed E-state index contributed by atoms with van der Waals surface area (Å²) in [6.45, 7) is 1.70. The van der Waals surface area contributed by atoms with Gasteiger partial charge in [-0.3, -0.25) is 14.2 Å². The fourth-order valence-electron chi connectivity index (χ4n) is 0.805.